The van der Waals surface area contributed by atoms with Crippen molar-refractivity contribution in [1.29, 1.82) is 0 Å². The summed E-state index contributed by atoms with van der Waals surface area (Å²) in [5.41, 5.74) is 6.00. The second kappa shape index (κ2) is 8.49. The van der Waals surface area contributed by atoms with Crippen LogP contribution in [0.4, 0.5) is 17.6 Å². The molecule has 3 heterocycles. The van der Waals surface area contributed by atoms with Gasteiger partial charge < -0.3 is 20.0 Å². The SMILES string of the molecule is NC(=O)C=Cc1c[nH]c2ncc(-c3cc(F)c(=O)n(CCOCC(F)(F)F)c3)cc12. The van der Waals surface area contributed by atoms with Crippen LogP contribution in [0.15, 0.2) is 41.6 Å². The summed E-state index contributed by atoms with van der Waals surface area (Å²) < 4.78 is 56.0. The number of hydrogen-bond donors (Lipinski definition) is 2. The van der Waals surface area contributed by atoms with E-state index in [2.05, 4.69) is 14.7 Å². The molecule has 0 atom stereocenters. The molecule has 11 heteroatoms. The molecule has 0 aromatic carbocycles. The summed E-state index contributed by atoms with van der Waals surface area (Å²) in [6.07, 6.45) is 2.56. The van der Waals surface area contributed by atoms with Gasteiger partial charge in [-0.25, -0.2) is 9.37 Å². The summed E-state index contributed by atoms with van der Waals surface area (Å²) >= 11 is 0. The molecule has 3 aromatic rings. The Morgan fingerprint density at radius 1 is 1.30 bits per heavy atom. The van der Waals surface area contributed by atoms with Crippen LogP contribution in [0.2, 0.25) is 0 Å². The topological polar surface area (TPSA) is 103 Å². The fourth-order valence-corrected chi connectivity index (χ4v) is 2.77. The molecule has 3 rings (SSSR count). The lowest BCUT2D eigenvalue weighted by molar-refractivity contribution is -0.174. The first-order valence-electron chi connectivity index (χ1n) is 8.63. The number of primary amides is 1. The van der Waals surface area contributed by atoms with Crippen molar-refractivity contribution in [3.8, 4) is 11.1 Å². The number of nitrogens with zero attached hydrogens (tertiary/aromatic N) is 2. The molecule has 3 aromatic heterocycles. The van der Waals surface area contributed by atoms with E-state index in [9.17, 15) is 27.2 Å². The summed E-state index contributed by atoms with van der Waals surface area (Å²) in [7, 11) is 0. The molecule has 0 saturated carbocycles. The average Bonchev–Trinajstić information content (AvgIpc) is 3.08. The molecular weight excluding hydrogens is 408 g/mol. The van der Waals surface area contributed by atoms with Gasteiger partial charge in [0, 0.05) is 53.3 Å². The third-order valence-electron chi connectivity index (χ3n) is 4.11. The van der Waals surface area contributed by atoms with Crippen LogP contribution < -0.4 is 11.3 Å². The zero-order chi connectivity index (χ0) is 21.9. The van der Waals surface area contributed by atoms with E-state index in [4.69, 9.17) is 5.73 Å². The third-order valence-corrected chi connectivity index (χ3v) is 4.11. The smallest absolute Gasteiger partial charge is 0.370 e. The minimum Gasteiger partial charge on any atom is -0.370 e. The van der Waals surface area contributed by atoms with E-state index in [-0.39, 0.29) is 6.54 Å². The van der Waals surface area contributed by atoms with Crippen LogP contribution in [0.25, 0.3) is 28.2 Å². The van der Waals surface area contributed by atoms with Crippen molar-refractivity contribution in [1.82, 2.24) is 14.5 Å². The Labute approximate surface area is 166 Å². The molecule has 7 nitrogen and oxygen atoms in total. The van der Waals surface area contributed by atoms with Gasteiger partial charge >= 0.3 is 6.18 Å². The van der Waals surface area contributed by atoms with Gasteiger partial charge in [-0.05, 0) is 18.2 Å². The maximum atomic E-state index is 14.1. The van der Waals surface area contributed by atoms with Crippen LogP contribution in [0.3, 0.4) is 0 Å². The highest BCUT2D eigenvalue weighted by Crippen LogP contribution is 2.25. The maximum absolute atomic E-state index is 14.1. The Kier molecular flexibility index (Phi) is 6.01. The highest BCUT2D eigenvalue weighted by Gasteiger charge is 2.27. The number of amides is 1. The number of nitrogens with one attached hydrogen (secondary N) is 1. The Bertz CT molecular complexity index is 1160. The molecule has 0 saturated heterocycles. The number of pyridine rings is 2. The molecule has 0 fully saturated rings. The van der Waals surface area contributed by atoms with Gasteiger partial charge in [-0.1, -0.05) is 0 Å². The molecule has 0 unspecified atom stereocenters. The second-order valence-electron chi connectivity index (χ2n) is 6.34. The lowest BCUT2D eigenvalue weighted by atomic mass is 10.1. The Balaban J connectivity index is 1.90. The number of H-pyrrole nitrogens is 1. The molecule has 1 amide bonds. The standard InChI is InChI=1S/C19H16F4N4O3/c20-15-6-13(9-27(18(15)29)3-4-30-10-19(21,22)23)12-5-14-11(1-2-16(24)28)7-25-17(14)26-8-12/h1-2,5-9H,3-4,10H2,(H2,24,28)(H,25,26). The molecule has 0 spiro atoms. The lowest BCUT2D eigenvalue weighted by Gasteiger charge is -2.11. The largest absolute Gasteiger partial charge is 0.411 e. The van der Waals surface area contributed by atoms with Crippen molar-refractivity contribution in [3.05, 3.63) is 58.5 Å². The number of alkyl halides is 3. The summed E-state index contributed by atoms with van der Waals surface area (Å²) in [6, 6.07) is 2.69. The molecule has 0 aliphatic rings. The molecule has 0 radical (unpaired) electrons. The first kappa shape index (κ1) is 21.2. The number of aromatic amines is 1. The van der Waals surface area contributed by atoms with E-state index in [1.807, 2.05) is 0 Å². The van der Waals surface area contributed by atoms with Gasteiger partial charge in [0.1, 0.15) is 12.3 Å². The predicted molar refractivity (Wildman–Crippen MR) is 101 cm³/mol. The van der Waals surface area contributed by atoms with Crippen molar-refractivity contribution in [2.75, 3.05) is 13.2 Å². The third kappa shape index (κ3) is 5.11. The van der Waals surface area contributed by atoms with E-state index in [1.165, 1.54) is 24.5 Å². The number of carbonyl (C=O) groups is 1. The van der Waals surface area contributed by atoms with Crippen LogP contribution in [-0.4, -0.2) is 39.8 Å². The summed E-state index contributed by atoms with van der Waals surface area (Å²) in [6.45, 7) is -2.13. The molecule has 0 bridgehead atoms. The van der Waals surface area contributed by atoms with Gasteiger partial charge in [0.25, 0.3) is 5.56 Å². The number of hydrogen-bond acceptors (Lipinski definition) is 4. The van der Waals surface area contributed by atoms with Crippen LogP contribution >= 0.6 is 0 Å². The quantitative estimate of drug-likeness (QED) is 0.346. The van der Waals surface area contributed by atoms with Gasteiger partial charge in [0.2, 0.25) is 5.91 Å². The van der Waals surface area contributed by atoms with E-state index in [1.54, 1.807) is 12.3 Å². The fraction of sp³-hybridized carbons (Fsp3) is 0.211. The van der Waals surface area contributed by atoms with Gasteiger partial charge in [0.05, 0.1) is 6.61 Å². The first-order valence-corrected chi connectivity index (χ1v) is 8.63. The highest BCUT2D eigenvalue weighted by molar-refractivity contribution is 5.95. The van der Waals surface area contributed by atoms with Crippen LogP contribution in [0, 0.1) is 5.82 Å². The number of fused-ring (bicyclic) bond motifs is 1. The summed E-state index contributed by atoms with van der Waals surface area (Å²) in [4.78, 5) is 30.0. The van der Waals surface area contributed by atoms with E-state index in [0.717, 1.165) is 10.6 Å². The number of halogens is 4. The van der Waals surface area contributed by atoms with Crippen molar-refractivity contribution in [2.45, 2.75) is 12.7 Å². The van der Waals surface area contributed by atoms with Gasteiger partial charge in [-0.3, -0.25) is 9.59 Å². The summed E-state index contributed by atoms with van der Waals surface area (Å²) in [5.74, 6) is -1.69. The number of aromatic nitrogens is 3. The van der Waals surface area contributed by atoms with E-state index >= 15 is 0 Å². The Hall–Kier alpha value is -3.47. The highest BCUT2D eigenvalue weighted by atomic mass is 19.4. The fourth-order valence-electron chi connectivity index (χ4n) is 2.77. The lowest BCUT2D eigenvalue weighted by Crippen LogP contribution is -2.26. The number of carbonyl (C=O) groups excluding carboxylic acids is 1. The van der Waals surface area contributed by atoms with Gasteiger partial charge in [-0.15, -0.1) is 0 Å². The number of nitrogens with two attached hydrogens (primary N) is 1. The molecule has 0 aliphatic heterocycles. The first-order chi connectivity index (χ1) is 14.1. The van der Waals surface area contributed by atoms with Crippen molar-refractivity contribution < 1.29 is 27.1 Å². The molecule has 3 N–H and O–H groups in total. The monoisotopic (exact) mass is 424 g/mol. The van der Waals surface area contributed by atoms with Crippen LogP contribution in [0.1, 0.15) is 5.56 Å². The average molecular weight is 424 g/mol. The number of ether oxygens (including phenoxy) is 1. The summed E-state index contributed by atoms with van der Waals surface area (Å²) in [5, 5.41) is 0.622. The van der Waals surface area contributed by atoms with Gasteiger partial charge in [-0.2, -0.15) is 13.2 Å². The zero-order valence-corrected chi connectivity index (χ0v) is 15.4. The molecule has 30 heavy (non-hydrogen) atoms. The molecule has 158 valence electrons. The zero-order valence-electron chi connectivity index (χ0n) is 15.4. The van der Waals surface area contributed by atoms with Gasteiger partial charge in [0.15, 0.2) is 5.82 Å². The molecule has 0 aliphatic carbocycles. The van der Waals surface area contributed by atoms with Crippen LogP contribution in [0.5, 0.6) is 0 Å². The second-order valence-corrected chi connectivity index (χ2v) is 6.34. The Morgan fingerprint density at radius 3 is 2.77 bits per heavy atom. The van der Waals surface area contributed by atoms with Crippen molar-refractivity contribution >= 4 is 23.0 Å². The molecular formula is C19H16F4N4O3. The maximum Gasteiger partial charge on any atom is 0.411 e. The van der Waals surface area contributed by atoms with Crippen molar-refractivity contribution in [2.24, 2.45) is 5.73 Å². The van der Waals surface area contributed by atoms with Crippen molar-refractivity contribution in [3.63, 3.8) is 0 Å². The Morgan fingerprint density at radius 2 is 2.07 bits per heavy atom. The van der Waals surface area contributed by atoms with Crippen LogP contribution in [-0.2, 0) is 16.1 Å². The van der Waals surface area contributed by atoms with E-state index in [0.29, 0.717) is 27.7 Å². The van der Waals surface area contributed by atoms with E-state index < -0.39 is 36.7 Å². The minimum atomic E-state index is -4.49. The minimum absolute atomic E-state index is 0.258. The number of rotatable bonds is 7. The normalized spacial score (nSPS) is 12.1. The predicted octanol–water partition coefficient (Wildman–Crippen LogP) is 2.61.